The second-order valence-electron chi connectivity index (χ2n) is 6.23. The Bertz CT molecular complexity index is 874. The molecule has 1 N–H and O–H groups in total. The van der Waals surface area contributed by atoms with Crippen LogP contribution in [0.5, 0.6) is 5.75 Å². The minimum atomic E-state index is -1.15. The Kier molecular flexibility index (Phi) is 7.13. The third-order valence-corrected chi connectivity index (χ3v) is 5.09. The number of carbonyl (C=O) groups is 3. The van der Waals surface area contributed by atoms with E-state index in [0.29, 0.717) is 35.9 Å². The van der Waals surface area contributed by atoms with E-state index >= 15 is 0 Å². The van der Waals surface area contributed by atoms with E-state index in [1.807, 2.05) is 13.0 Å². The van der Waals surface area contributed by atoms with Gasteiger partial charge in [0.1, 0.15) is 12.3 Å². The quantitative estimate of drug-likeness (QED) is 0.666. The number of hydrogen-bond acceptors (Lipinski definition) is 6. The molecular formula is C21H22N2O5S. The van der Waals surface area contributed by atoms with Crippen molar-refractivity contribution in [1.29, 1.82) is 0 Å². The highest BCUT2D eigenvalue weighted by atomic mass is 32.2. The normalized spacial score (nSPS) is 14.4. The number of thioether (sulfide) groups is 1. The number of benzene rings is 2. The number of ether oxygens (including phenoxy) is 2. The summed E-state index contributed by atoms with van der Waals surface area (Å²) < 4.78 is 11.0. The van der Waals surface area contributed by atoms with Gasteiger partial charge in [-0.05, 0) is 19.1 Å². The van der Waals surface area contributed by atoms with Crippen LogP contribution < -0.4 is 10.1 Å². The van der Waals surface area contributed by atoms with E-state index in [-0.39, 0.29) is 11.8 Å². The van der Waals surface area contributed by atoms with Gasteiger partial charge in [0.2, 0.25) is 6.10 Å². The highest BCUT2D eigenvalue weighted by Crippen LogP contribution is 2.27. The minimum absolute atomic E-state index is 0.159. The molecule has 0 bridgehead atoms. The number of nitrogens with zero attached hydrogens (tertiary/aromatic N) is 1. The van der Waals surface area contributed by atoms with Gasteiger partial charge in [-0.3, -0.25) is 14.4 Å². The number of carbonyl (C=O) groups excluding carboxylic acids is 3. The lowest BCUT2D eigenvalue weighted by Crippen LogP contribution is -2.34. The molecule has 8 heteroatoms. The Morgan fingerprint density at radius 2 is 1.86 bits per heavy atom. The first-order valence-corrected chi connectivity index (χ1v) is 10.3. The zero-order valence-electron chi connectivity index (χ0n) is 16.0. The molecule has 2 aromatic carbocycles. The van der Waals surface area contributed by atoms with Crippen LogP contribution in [-0.2, 0) is 14.3 Å². The summed E-state index contributed by atoms with van der Waals surface area (Å²) >= 11 is 1.16. The third kappa shape index (κ3) is 5.51. The second-order valence-corrected chi connectivity index (χ2v) is 7.28. The first kappa shape index (κ1) is 20.7. The van der Waals surface area contributed by atoms with E-state index in [0.717, 1.165) is 11.8 Å². The zero-order chi connectivity index (χ0) is 20.6. The molecule has 2 aromatic rings. The van der Waals surface area contributed by atoms with Gasteiger partial charge in [-0.2, -0.15) is 0 Å². The summed E-state index contributed by atoms with van der Waals surface area (Å²) in [6, 6.07) is 15.8. The number of esters is 1. The average Bonchev–Trinajstić information content (AvgIpc) is 3.13. The van der Waals surface area contributed by atoms with E-state index in [1.165, 1.54) is 4.90 Å². The Morgan fingerprint density at radius 3 is 2.55 bits per heavy atom. The molecule has 3 rings (SSSR count). The Morgan fingerprint density at radius 1 is 1.14 bits per heavy atom. The van der Waals surface area contributed by atoms with Crippen molar-refractivity contribution in [3.05, 3.63) is 60.2 Å². The fourth-order valence-corrected chi connectivity index (χ4v) is 3.67. The van der Waals surface area contributed by atoms with Gasteiger partial charge < -0.3 is 19.7 Å². The van der Waals surface area contributed by atoms with Gasteiger partial charge in [-0.25, -0.2) is 0 Å². The van der Waals surface area contributed by atoms with Crippen molar-refractivity contribution in [3.63, 3.8) is 0 Å². The summed E-state index contributed by atoms with van der Waals surface area (Å²) in [6.45, 7) is 2.61. The average molecular weight is 414 g/mol. The van der Waals surface area contributed by atoms with Crippen molar-refractivity contribution in [2.24, 2.45) is 0 Å². The van der Waals surface area contributed by atoms with Crippen LogP contribution in [0, 0.1) is 0 Å². The zero-order valence-corrected chi connectivity index (χ0v) is 16.8. The fourth-order valence-electron chi connectivity index (χ4n) is 2.84. The number of amides is 2. The molecule has 1 atom stereocenters. The first-order chi connectivity index (χ1) is 14.1. The largest absolute Gasteiger partial charge is 0.492 e. The molecule has 0 aliphatic carbocycles. The standard InChI is InChI=1S/C21H22N2O5S/c1-2-27-17-11-7-6-10-16(17)22-20(25)19(15-8-4-3-5-9-15)28-18(24)14-23-12-13-29-21(23)26/h3-11,19H,2,12-14H2,1H3,(H,22,25)/t19-/m0/s1. The molecule has 7 nitrogen and oxygen atoms in total. The van der Waals surface area contributed by atoms with Crippen molar-refractivity contribution >= 4 is 34.6 Å². The summed E-state index contributed by atoms with van der Waals surface area (Å²) in [5.74, 6) is 0.0334. The van der Waals surface area contributed by atoms with Crippen molar-refractivity contribution in [2.45, 2.75) is 13.0 Å². The third-order valence-electron chi connectivity index (χ3n) is 4.20. The summed E-state index contributed by atoms with van der Waals surface area (Å²) in [6.07, 6.45) is -1.15. The topological polar surface area (TPSA) is 84.9 Å². The predicted molar refractivity (Wildman–Crippen MR) is 111 cm³/mol. The molecule has 1 saturated heterocycles. The molecule has 152 valence electrons. The fraction of sp³-hybridized carbons (Fsp3) is 0.286. The predicted octanol–water partition coefficient (Wildman–Crippen LogP) is 3.48. The number of anilines is 1. The number of rotatable bonds is 8. The molecule has 0 saturated carbocycles. The summed E-state index contributed by atoms with van der Waals surface area (Å²) in [4.78, 5) is 38.5. The van der Waals surface area contributed by atoms with E-state index in [2.05, 4.69) is 5.32 Å². The molecule has 0 spiro atoms. The van der Waals surface area contributed by atoms with E-state index in [1.54, 1.807) is 48.5 Å². The van der Waals surface area contributed by atoms with Gasteiger partial charge in [0, 0.05) is 17.9 Å². The first-order valence-electron chi connectivity index (χ1n) is 9.27. The van der Waals surface area contributed by atoms with Gasteiger partial charge in [0.15, 0.2) is 0 Å². The van der Waals surface area contributed by atoms with Crippen molar-refractivity contribution in [3.8, 4) is 5.75 Å². The lowest BCUT2D eigenvalue weighted by atomic mass is 10.1. The van der Waals surface area contributed by atoms with Gasteiger partial charge in [0.25, 0.3) is 11.1 Å². The van der Waals surface area contributed by atoms with Crippen LogP contribution in [-0.4, -0.2) is 47.5 Å². The number of hydrogen-bond donors (Lipinski definition) is 1. The summed E-state index contributed by atoms with van der Waals surface area (Å²) in [5.41, 5.74) is 1.02. The molecule has 1 aliphatic rings. The maximum atomic E-state index is 13.0. The Balaban J connectivity index is 1.76. The van der Waals surface area contributed by atoms with Gasteiger partial charge in [-0.1, -0.05) is 54.2 Å². The van der Waals surface area contributed by atoms with Crippen LogP contribution >= 0.6 is 11.8 Å². The summed E-state index contributed by atoms with van der Waals surface area (Å²) in [5, 5.41) is 2.62. The minimum Gasteiger partial charge on any atom is -0.492 e. The molecule has 29 heavy (non-hydrogen) atoms. The molecule has 2 amide bonds. The van der Waals surface area contributed by atoms with Crippen LogP contribution in [0.1, 0.15) is 18.6 Å². The smallest absolute Gasteiger partial charge is 0.326 e. The van der Waals surface area contributed by atoms with Crippen molar-refractivity contribution in [2.75, 3.05) is 30.8 Å². The van der Waals surface area contributed by atoms with Crippen LogP contribution in [0.25, 0.3) is 0 Å². The molecular weight excluding hydrogens is 392 g/mol. The molecule has 1 fully saturated rings. The SMILES string of the molecule is CCOc1ccccc1NC(=O)[C@@H](OC(=O)CN1CCSC1=O)c1ccccc1. The van der Waals surface area contributed by atoms with E-state index in [9.17, 15) is 14.4 Å². The maximum absolute atomic E-state index is 13.0. The highest BCUT2D eigenvalue weighted by Gasteiger charge is 2.29. The molecule has 0 radical (unpaired) electrons. The highest BCUT2D eigenvalue weighted by molar-refractivity contribution is 8.13. The van der Waals surface area contributed by atoms with Crippen molar-refractivity contribution in [1.82, 2.24) is 4.90 Å². The van der Waals surface area contributed by atoms with Crippen molar-refractivity contribution < 1.29 is 23.9 Å². The van der Waals surface area contributed by atoms with Gasteiger partial charge in [-0.15, -0.1) is 0 Å². The van der Waals surface area contributed by atoms with Crippen LogP contribution in [0.2, 0.25) is 0 Å². The molecule has 0 aromatic heterocycles. The summed E-state index contributed by atoms with van der Waals surface area (Å²) in [7, 11) is 0. The van der Waals surface area contributed by atoms with E-state index < -0.39 is 18.0 Å². The monoisotopic (exact) mass is 414 g/mol. The Hall–Kier alpha value is -3.00. The maximum Gasteiger partial charge on any atom is 0.326 e. The van der Waals surface area contributed by atoms with Crippen LogP contribution in [0.4, 0.5) is 10.5 Å². The number of nitrogens with one attached hydrogen (secondary N) is 1. The second kappa shape index (κ2) is 9.97. The molecule has 0 unspecified atom stereocenters. The van der Waals surface area contributed by atoms with Crippen LogP contribution in [0.3, 0.4) is 0 Å². The lowest BCUT2D eigenvalue weighted by molar-refractivity contribution is -0.155. The number of para-hydroxylation sites is 2. The van der Waals surface area contributed by atoms with Crippen LogP contribution in [0.15, 0.2) is 54.6 Å². The van der Waals surface area contributed by atoms with Gasteiger partial charge in [0.05, 0.1) is 12.3 Å². The van der Waals surface area contributed by atoms with Gasteiger partial charge >= 0.3 is 5.97 Å². The molecule has 1 heterocycles. The lowest BCUT2D eigenvalue weighted by Gasteiger charge is -2.21. The Labute approximate surface area is 173 Å². The molecule has 1 aliphatic heterocycles. The van der Waals surface area contributed by atoms with E-state index in [4.69, 9.17) is 9.47 Å².